The van der Waals surface area contributed by atoms with Gasteiger partial charge in [-0.05, 0) is 12.6 Å². The molecule has 0 bridgehead atoms. The van der Waals surface area contributed by atoms with Crippen LogP contribution in [0.25, 0.3) is 0 Å². The lowest BCUT2D eigenvalue weighted by atomic mass is 9.96. The van der Waals surface area contributed by atoms with Gasteiger partial charge in [0.05, 0.1) is 12.2 Å². The molecule has 52 valence electrons. The summed E-state index contributed by atoms with van der Waals surface area (Å²) in [6, 6.07) is 0.241. The van der Waals surface area contributed by atoms with Crippen LogP contribution in [0.2, 0.25) is 0 Å². The number of hydrogen-bond acceptors (Lipinski definition) is 2. The summed E-state index contributed by atoms with van der Waals surface area (Å²) in [5.41, 5.74) is 0. The van der Waals surface area contributed by atoms with E-state index in [0.717, 1.165) is 12.6 Å². The fourth-order valence-corrected chi connectivity index (χ4v) is 1.57. The van der Waals surface area contributed by atoms with Crippen molar-refractivity contribution in [1.82, 2.24) is 0 Å². The second-order valence-electron chi connectivity index (χ2n) is 2.52. The summed E-state index contributed by atoms with van der Waals surface area (Å²) in [6.07, 6.45) is 1.45. The molecule has 2 unspecified atom stereocenters. The molecule has 0 aromatic carbocycles. The van der Waals surface area contributed by atoms with Gasteiger partial charge in [0.15, 0.2) is 0 Å². The summed E-state index contributed by atoms with van der Waals surface area (Å²) in [5.74, 6) is 0. The first-order chi connectivity index (χ1) is 4.24. The second kappa shape index (κ2) is 3.00. The molecule has 0 radical (unpaired) electrons. The predicted molar refractivity (Wildman–Crippen MR) is 42.4 cm³/mol. The summed E-state index contributed by atoms with van der Waals surface area (Å²) < 4.78 is 5.35. The van der Waals surface area contributed by atoms with E-state index in [4.69, 9.17) is 4.74 Å². The Hall–Kier alpha value is 0.415. The van der Waals surface area contributed by atoms with E-state index in [2.05, 4.69) is 9.24 Å². The minimum Gasteiger partial charge on any atom is -0.390 e. The van der Waals surface area contributed by atoms with Gasteiger partial charge in [0, 0.05) is 6.00 Å². The Labute approximate surface area is 58.6 Å². The number of hydrogen-bond donors (Lipinski definition) is 1. The quantitative estimate of drug-likeness (QED) is 0.378. The molecule has 0 aromatic rings. The maximum Gasteiger partial charge on any atom is 0.139 e. The van der Waals surface area contributed by atoms with Crippen LogP contribution < -0.4 is 0 Å². The molecule has 2 nitrogen and oxygen atoms in total. The number of rotatable bonds is 1. The zero-order chi connectivity index (χ0) is 6.85. The molecular weight excluding hydrogens is 134 g/mol. The summed E-state index contributed by atoms with van der Waals surface area (Å²) in [5, 5.41) is 9.22. The number of aliphatic hydroxyl groups is 1. The molecule has 9 heavy (non-hydrogen) atoms. The third kappa shape index (κ3) is 1.67. The highest BCUT2D eigenvalue weighted by atomic mass is 31.0. The highest BCUT2D eigenvalue weighted by Gasteiger charge is 2.29. The summed E-state index contributed by atoms with van der Waals surface area (Å²) in [4.78, 5) is 0. The van der Waals surface area contributed by atoms with E-state index in [1.807, 2.05) is 7.85 Å². The summed E-state index contributed by atoms with van der Waals surface area (Å²) >= 11 is 0. The van der Waals surface area contributed by atoms with Gasteiger partial charge in [0.2, 0.25) is 0 Å². The van der Waals surface area contributed by atoms with Gasteiger partial charge in [-0.1, -0.05) is 0 Å². The largest absolute Gasteiger partial charge is 0.390 e. The average molecular weight is 146 g/mol. The van der Waals surface area contributed by atoms with Crippen molar-refractivity contribution in [2.45, 2.75) is 24.6 Å². The van der Waals surface area contributed by atoms with E-state index < -0.39 is 0 Å². The van der Waals surface area contributed by atoms with Crippen LogP contribution in [0.4, 0.5) is 0 Å². The van der Waals surface area contributed by atoms with Gasteiger partial charge in [-0.15, -0.1) is 9.24 Å². The van der Waals surface area contributed by atoms with Gasteiger partial charge in [-0.25, -0.2) is 0 Å². The molecule has 1 heterocycles. The van der Waals surface area contributed by atoms with Gasteiger partial charge in [-0.2, -0.15) is 0 Å². The zero-order valence-electron chi connectivity index (χ0n) is 5.58. The minimum atomic E-state index is -0.238. The van der Waals surface area contributed by atoms with Crippen molar-refractivity contribution < 1.29 is 9.84 Å². The Balaban J connectivity index is 2.38. The van der Waals surface area contributed by atoms with Gasteiger partial charge >= 0.3 is 0 Å². The maximum absolute atomic E-state index is 9.22. The Morgan fingerprint density at radius 1 is 1.78 bits per heavy atom. The molecule has 1 aliphatic rings. The molecule has 4 atom stereocenters. The number of ether oxygens (including phenoxy) is 1. The number of aliphatic hydroxyl groups excluding tert-OH is 1. The molecule has 0 saturated carbocycles. The molecule has 0 aliphatic carbocycles. The van der Waals surface area contributed by atoms with E-state index in [9.17, 15) is 5.11 Å². The van der Waals surface area contributed by atoms with Gasteiger partial charge in [0.1, 0.15) is 7.85 Å². The van der Waals surface area contributed by atoms with E-state index in [1.165, 1.54) is 0 Å². The standard InChI is InChI=1S/C5H12BO2P/c6-5-1-3(7)4(2-9)8-5/h3-5,7H,1-2,6,9H2/t3-,4-,5?/m1/s1. The average Bonchev–Trinajstić information content (AvgIpc) is 2.10. The molecule has 4 heteroatoms. The van der Waals surface area contributed by atoms with E-state index in [1.54, 1.807) is 0 Å². The normalized spacial score (nSPS) is 43.6. The van der Waals surface area contributed by atoms with E-state index in [0.29, 0.717) is 0 Å². The van der Waals surface area contributed by atoms with Crippen LogP contribution in [0, 0.1) is 0 Å². The van der Waals surface area contributed by atoms with Crippen LogP contribution in [0.5, 0.6) is 0 Å². The van der Waals surface area contributed by atoms with Gasteiger partial charge in [0.25, 0.3) is 0 Å². The monoisotopic (exact) mass is 146 g/mol. The first-order valence-electron chi connectivity index (χ1n) is 3.27. The van der Waals surface area contributed by atoms with Crippen molar-refractivity contribution in [3.05, 3.63) is 0 Å². The topological polar surface area (TPSA) is 29.5 Å². The highest BCUT2D eigenvalue weighted by molar-refractivity contribution is 7.16. The maximum atomic E-state index is 9.22. The Morgan fingerprint density at radius 2 is 2.44 bits per heavy atom. The Kier molecular flexibility index (Phi) is 2.51. The van der Waals surface area contributed by atoms with E-state index >= 15 is 0 Å². The minimum absolute atomic E-state index is 0.0602. The lowest BCUT2D eigenvalue weighted by Gasteiger charge is -2.09. The van der Waals surface area contributed by atoms with Crippen molar-refractivity contribution in [2.24, 2.45) is 0 Å². The molecular formula is C5H12BO2P. The molecule has 0 aromatic heterocycles. The van der Waals surface area contributed by atoms with Crippen LogP contribution >= 0.6 is 9.24 Å². The fourth-order valence-electron chi connectivity index (χ4n) is 1.15. The van der Waals surface area contributed by atoms with Crippen LogP contribution in [-0.4, -0.2) is 37.3 Å². The van der Waals surface area contributed by atoms with Crippen molar-refractivity contribution >= 4 is 17.1 Å². The highest BCUT2D eigenvalue weighted by Crippen LogP contribution is 2.19. The predicted octanol–water partition coefficient (Wildman–Crippen LogP) is -1.03. The van der Waals surface area contributed by atoms with Crippen molar-refractivity contribution in [2.75, 3.05) is 6.16 Å². The fraction of sp³-hybridized carbons (Fsp3) is 1.00. The van der Waals surface area contributed by atoms with Crippen LogP contribution in [0.1, 0.15) is 6.42 Å². The molecule has 0 amide bonds. The summed E-state index contributed by atoms with van der Waals surface area (Å²) in [7, 11) is 4.57. The Morgan fingerprint density at radius 3 is 2.67 bits per heavy atom. The third-order valence-electron chi connectivity index (χ3n) is 1.64. The molecule has 1 fully saturated rings. The van der Waals surface area contributed by atoms with Gasteiger partial charge in [-0.3, -0.25) is 0 Å². The smallest absolute Gasteiger partial charge is 0.139 e. The SMILES string of the molecule is BC1C[C@@H](O)[C@@H](CP)O1. The molecule has 1 aliphatic heterocycles. The van der Waals surface area contributed by atoms with Crippen LogP contribution in [0.3, 0.4) is 0 Å². The van der Waals surface area contributed by atoms with Crippen molar-refractivity contribution in [3.63, 3.8) is 0 Å². The van der Waals surface area contributed by atoms with Crippen molar-refractivity contribution in [1.29, 1.82) is 0 Å². The molecule has 1 N–H and O–H groups in total. The molecule has 0 spiro atoms. The second-order valence-corrected chi connectivity index (χ2v) is 3.00. The first-order valence-corrected chi connectivity index (χ1v) is 4.09. The van der Waals surface area contributed by atoms with Crippen LogP contribution in [0.15, 0.2) is 0 Å². The summed E-state index contributed by atoms with van der Waals surface area (Å²) in [6.45, 7) is 0. The molecule has 1 saturated heterocycles. The zero-order valence-corrected chi connectivity index (χ0v) is 6.73. The third-order valence-corrected chi connectivity index (χ3v) is 2.11. The lowest BCUT2D eigenvalue weighted by Crippen LogP contribution is -2.21. The first kappa shape index (κ1) is 7.52. The van der Waals surface area contributed by atoms with Crippen molar-refractivity contribution in [3.8, 4) is 0 Å². The van der Waals surface area contributed by atoms with Crippen LogP contribution in [-0.2, 0) is 4.74 Å². The Bertz CT molecular complexity index is 101. The van der Waals surface area contributed by atoms with E-state index in [-0.39, 0.29) is 18.2 Å². The van der Waals surface area contributed by atoms with Gasteiger partial charge < -0.3 is 9.84 Å². The molecule has 1 rings (SSSR count). The lowest BCUT2D eigenvalue weighted by molar-refractivity contribution is 0.0487.